The number of esters is 2. The lowest BCUT2D eigenvalue weighted by atomic mass is 9.86. The maximum Gasteiger partial charge on any atom is 0.352 e. The van der Waals surface area contributed by atoms with Gasteiger partial charge in [0.2, 0.25) is 12.4 Å². The number of nitrogens with zero attached hydrogens (tertiary/aromatic N) is 1. The van der Waals surface area contributed by atoms with Crippen LogP contribution in [0.25, 0.3) is 0 Å². The average molecular weight is 584 g/mol. The van der Waals surface area contributed by atoms with Crippen LogP contribution in [-0.4, -0.2) is 73.8 Å². The summed E-state index contributed by atoms with van der Waals surface area (Å²) in [6.07, 6.45) is 10.4. The molecule has 0 bridgehead atoms. The van der Waals surface area contributed by atoms with Crippen molar-refractivity contribution in [3.8, 4) is 11.5 Å². The van der Waals surface area contributed by atoms with Gasteiger partial charge in [-0.05, 0) is 69.0 Å². The SMILES string of the molecule is CCCCOC(C)(C)/C=C/C[C@]1(C(=O)O[C@@H]2C(OC)=C[C@H]3[C@@H]2c2cc4c(cc2CCN3CCCC)OCO4)CC(=O)O1. The highest BCUT2D eigenvalue weighted by molar-refractivity contribution is 5.94. The standard InChI is InChI=1S/C33H45NO8/c1-6-8-14-34-15-11-22-17-25-26(39-21-38-25)18-23(22)29-24(34)19-27(37-5)30(29)41-31(36)33(20-28(35)42-33)13-10-12-32(3,4)40-16-9-7-2/h10,12,17-19,24,29-30H,6-9,11,13-16,20-21H2,1-5H3/b12-10+/t24-,29-,30+,33+/m0/s1. The van der Waals surface area contributed by atoms with Crippen LogP contribution in [0, 0.1) is 0 Å². The molecule has 1 saturated heterocycles. The summed E-state index contributed by atoms with van der Waals surface area (Å²) in [7, 11) is 1.61. The fourth-order valence-corrected chi connectivity index (χ4v) is 6.32. The number of hydrogen-bond acceptors (Lipinski definition) is 9. The fourth-order valence-electron chi connectivity index (χ4n) is 6.32. The Morgan fingerprint density at radius 3 is 2.60 bits per heavy atom. The van der Waals surface area contributed by atoms with E-state index in [1.807, 2.05) is 32.1 Å². The molecule has 1 aromatic rings. The van der Waals surface area contributed by atoms with E-state index in [2.05, 4.69) is 30.9 Å². The summed E-state index contributed by atoms with van der Waals surface area (Å²) in [5.41, 5.74) is 0.346. The van der Waals surface area contributed by atoms with Gasteiger partial charge in [-0.25, -0.2) is 4.79 Å². The molecule has 4 atom stereocenters. The van der Waals surface area contributed by atoms with Gasteiger partial charge in [0.25, 0.3) is 0 Å². The second-order valence-electron chi connectivity index (χ2n) is 12.2. The molecule has 0 amide bonds. The van der Waals surface area contributed by atoms with Gasteiger partial charge in [-0.1, -0.05) is 38.8 Å². The summed E-state index contributed by atoms with van der Waals surface area (Å²) in [5, 5.41) is 0. The summed E-state index contributed by atoms with van der Waals surface area (Å²) in [6.45, 7) is 10.9. The van der Waals surface area contributed by atoms with E-state index in [0.29, 0.717) is 18.1 Å². The molecule has 1 fully saturated rings. The molecular formula is C33H45NO8. The summed E-state index contributed by atoms with van der Waals surface area (Å²) >= 11 is 0. The van der Waals surface area contributed by atoms with E-state index in [0.717, 1.165) is 62.1 Å². The molecule has 5 rings (SSSR count). The molecule has 0 spiro atoms. The zero-order chi connectivity index (χ0) is 29.9. The molecule has 0 unspecified atom stereocenters. The van der Waals surface area contributed by atoms with Crippen LogP contribution in [0.5, 0.6) is 11.5 Å². The van der Waals surface area contributed by atoms with Gasteiger partial charge in [0.15, 0.2) is 17.6 Å². The highest BCUT2D eigenvalue weighted by atomic mass is 16.7. The van der Waals surface area contributed by atoms with Gasteiger partial charge in [-0.3, -0.25) is 9.69 Å². The smallest absolute Gasteiger partial charge is 0.352 e. The van der Waals surface area contributed by atoms with Gasteiger partial charge < -0.3 is 28.4 Å². The summed E-state index contributed by atoms with van der Waals surface area (Å²) < 4.78 is 35.1. The summed E-state index contributed by atoms with van der Waals surface area (Å²) in [5.74, 6) is 0.867. The second kappa shape index (κ2) is 12.7. The monoisotopic (exact) mass is 583 g/mol. The van der Waals surface area contributed by atoms with Gasteiger partial charge in [0, 0.05) is 31.5 Å². The van der Waals surface area contributed by atoms with Crippen molar-refractivity contribution < 1.29 is 38.0 Å². The van der Waals surface area contributed by atoms with Crippen LogP contribution in [0.3, 0.4) is 0 Å². The van der Waals surface area contributed by atoms with Crippen molar-refractivity contribution >= 4 is 11.9 Å². The highest BCUT2D eigenvalue weighted by Gasteiger charge is 2.56. The predicted octanol–water partition coefficient (Wildman–Crippen LogP) is 5.21. The van der Waals surface area contributed by atoms with Crippen molar-refractivity contribution in [1.29, 1.82) is 0 Å². The number of fused-ring (bicyclic) bond motifs is 4. The van der Waals surface area contributed by atoms with Gasteiger partial charge >= 0.3 is 11.9 Å². The number of cyclic esters (lactones) is 1. The minimum Gasteiger partial charge on any atom is -0.497 e. The number of carbonyl (C=O) groups is 2. The molecule has 0 N–H and O–H groups in total. The minimum atomic E-state index is -1.37. The fraction of sp³-hybridized carbons (Fsp3) is 0.636. The number of benzene rings is 1. The van der Waals surface area contributed by atoms with Crippen molar-refractivity contribution in [3.63, 3.8) is 0 Å². The van der Waals surface area contributed by atoms with E-state index in [1.165, 1.54) is 0 Å². The molecule has 0 saturated carbocycles. The largest absolute Gasteiger partial charge is 0.497 e. The van der Waals surface area contributed by atoms with Gasteiger partial charge in [0.05, 0.1) is 19.1 Å². The van der Waals surface area contributed by atoms with Crippen molar-refractivity contribution in [2.75, 3.05) is 33.6 Å². The molecule has 3 heterocycles. The van der Waals surface area contributed by atoms with Crippen molar-refractivity contribution in [2.24, 2.45) is 0 Å². The third-order valence-electron chi connectivity index (χ3n) is 8.71. The summed E-state index contributed by atoms with van der Waals surface area (Å²) in [4.78, 5) is 28.4. The second-order valence-corrected chi connectivity index (χ2v) is 12.2. The Labute approximate surface area is 249 Å². The van der Waals surface area contributed by atoms with Crippen molar-refractivity contribution in [1.82, 2.24) is 4.90 Å². The lowest BCUT2D eigenvalue weighted by Crippen LogP contribution is -2.55. The molecule has 1 aromatic carbocycles. The Bertz CT molecular complexity index is 1210. The maximum absolute atomic E-state index is 13.9. The normalized spacial score (nSPS) is 26.6. The predicted molar refractivity (Wildman–Crippen MR) is 156 cm³/mol. The molecule has 42 heavy (non-hydrogen) atoms. The van der Waals surface area contributed by atoms with Gasteiger partial charge in [0.1, 0.15) is 5.76 Å². The molecule has 0 aromatic heterocycles. The molecule has 9 heteroatoms. The van der Waals surface area contributed by atoms with E-state index in [4.69, 9.17) is 28.4 Å². The van der Waals surface area contributed by atoms with Crippen LogP contribution in [0.1, 0.15) is 83.3 Å². The lowest BCUT2D eigenvalue weighted by Gasteiger charge is -2.39. The molecule has 9 nitrogen and oxygen atoms in total. The van der Waals surface area contributed by atoms with Gasteiger partial charge in [-0.2, -0.15) is 0 Å². The quantitative estimate of drug-likeness (QED) is 0.176. The zero-order valence-corrected chi connectivity index (χ0v) is 25.6. The van der Waals surface area contributed by atoms with E-state index in [9.17, 15) is 9.59 Å². The number of carbonyl (C=O) groups excluding carboxylic acids is 2. The van der Waals surface area contributed by atoms with Crippen LogP contribution in [0.4, 0.5) is 0 Å². The minimum absolute atomic E-state index is 0.0215. The Balaban J connectivity index is 1.40. The van der Waals surface area contributed by atoms with E-state index >= 15 is 0 Å². The van der Waals surface area contributed by atoms with E-state index in [1.54, 1.807) is 7.11 Å². The molecular weight excluding hydrogens is 538 g/mol. The maximum atomic E-state index is 13.9. The average Bonchev–Trinajstić information content (AvgIpc) is 3.51. The van der Waals surface area contributed by atoms with Crippen LogP contribution >= 0.6 is 0 Å². The van der Waals surface area contributed by atoms with Gasteiger partial charge in [-0.15, -0.1) is 0 Å². The first-order valence-electron chi connectivity index (χ1n) is 15.4. The Morgan fingerprint density at radius 1 is 1.17 bits per heavy atom. The van der Waals surface area contributed by atoms with E-state index in [-0.39, 0.29) is 31.6 Å². The molecule has 230 valence electrons. The number of methoxy groups -OCH3 is 1. The summed E-state index contributed by atoms with van der Waals surface area (Å²) in [6, 6.07) is 4.08. The van der Waals surface area contributed by atoms with Crippen LogP contribution in [-0.2, 0) is 35.0 Å². The van der Waals surface area contributed by atoms with E-state index < -0.39 is 29.2 Å². The number of rotatable bonds is 13. The van der Waals surface area contributed by atoms with Crippen LogP contribution < -0.4 is 9.47 Å². The highest BCUT2D eigenvalue weighted by Crippen LogP contribution is 2.47. The first kappa shape index (κ1) is 30.4. The first-order valence-corrected chi connectivity index (χ1v) is 15.4. The molecule has 4 aliphatic rings. The third-order valence-corrected chi connectivity index (χ3v) is 8.71. The van der Waals surface area contributed by atoms with Crippen molar-refractivity contribution in [3.05, 3.63) is 47.2 Å². The first-order chi connectivity index (χ1) is 20.2. The Morgan fingerprint density at radius 2 is 1.90 bits per heavy atom. The zero-order valence-electron chi connectivity index (χ0n) is 25.6. The lowest BCUT2D eigenvalue weighted by molar-refractivity contribution is -0.210. The topological polar surface area (TPSA) is 92.8 Å². The van der Waals surface area contributed by atoms with Crippen molar-refractivity contribution in [2.45, 2.75) is 102 Å². The molecule has 1 aliphatic carbocycles. The molecule has 0 radical (unpaired) electrons. The van der Waals surface area contributed by atoms with Crippen LogP contribution in [0.15, 0.2) is 36.1 Å². The number of ether oxygens (including phenoxy) is 6. The number of unbranched alkanes of at least 4 members (excludes halogenated alkanes) is 2. The Kier molecular flexibility index (Phi) is 9.18. The van der Waals surface area contributed by atoms with Crippen LogP contribution in [0.2, 0.25) is 0 Å². The molecule has 3 aliphatic heterocycles. The number of hydrogen-bond donors (Lipinski definition) is 0. The third kappa shape index (κ3) is 6.18. The Hall–Kier alpha value is -3.04.